The SMILES string of the molecule is N=C(c1ncc(F)c(N2CCN(CCO)CC2)n1)c1cccc(F)c1NCc1ccccc1F. The van der Waals surface area contributed by atoms with Gasteiger partial charge in [0.15, 0.2) is 17.5 Å². The molecule has 178 valence electrons. The summed E-state index contributed by atoms with van der Waals surface area (Å²) in [6.45, 7) is 2.94. The fourth-order valence-corrected chi connectivity index (χ4v) is 3.88. The van der Waals surface area contributed by atoms with Gasteiger partial charge in [-0.2, -0.15) is 0 Å². The van der Waals surface area contributed by atoms with Gasteiger partial charge in [-0.15, -0.1) is 0 Å². The minimum atomic E-state index is -0.610. The number of hydrogen-bond acceptors (Lipinski definition) is 7. The van der Waals surface area contributed by atoms with Crippen LogP contribution in [-0.2, 0) is 6.54 Å². The number of benzene rings is 2. The van der Waals surface area contributed by atoms with Crippen molar-refractivity contribution in [3.05, 3.63) is 83.1 Å². The predicted octanol–water partition coefficient (Wildman–Crippen LogP) is 3.04. The van der Waals surface area contributed by atoms with E-state index in [-0.39, 0.29) is 41.8 Å². The molecule has 0 saturated carbocycles. The fraction of sp³-hybridized carbons (Fsp3) is 0.292. The summed E-state index contributed by atoms with van der Waals surface area (Å²) >= 11 is 0. The molecule has 0 atom stereocenters. The molecule has 7 nitrogen and oxygen atoms in total. The van der Waals surface area contributed by atoms with E-state index in [0.29, 0.717) is 38.3 Å². The van der Waals surface area contributed by atoms with Gasteiger partial charge in [0, 0.05) is 50.4 Å². The Kier molecular flexibility index (Phi) is 7.39. The highest BCUT2D eigenvalue weighted by Gasteiger charge is 2.23. The van der Waals surface area contributed by atoms with Crippen LogP contribution >= 0.6 is 0 Å². The lowest BCUT2D eigenvalue weighted by Gasteiger charge is -2.35. The van der Waals surface area contributed by atoms with Crippen LogP contribution in [-0.4, -0.2) is 65.0 Å². The zero-order valence-electron chi connectivity index (χ0n) is 18.4. The van der Waals surface area contributed by atoms with E-state index in [1.54, 1.807) is 23.1 Å². The van der Waals surface area contributed by atoms with Gasteiger partial charge >= 0.3 is 0 Å². The molecule has 1 saturated heterocycles. The van der Waals surface area contributed by atoms with Gasteiger partial charge in [-0.05, 0) is 12.1 Å². The Bertz CT molecular complexity index is 1170. The van der Waals surface area contributed by atoms with Crippen LogP contribution in [0.1, 0.15) is 17.0 Å². The molecule has 3 aromatic rings. The van der Waals surface area contributed by atoms with Crippen LogP contribution in [0.15, 0.2) is 48.7 Å². The van der Waals surface area contributed by atoms with Crippen molar-refractivity contribution < 1.29 is 18.3 Å². The Hall–Kier alpha value is -3.50. The average Bonchev–Trinajstić information content (AvgIpc) is 2.85. The first-order valence-electron chi connectivity index (χ1n) is 10.9. The average molecular weight is 470 g/mol. The van der Waals surface area contributed by atoms with E-state index in [0.717, 1.165) is 6.20 Å². The third-order valence-corrected chi connectivity index (χ3v) is 5.73. The van der Waals surface area contributed by atoms with Gasteiger partial charge in [-0.3, -0.25) is 10.3 Å². The van der Waals surface area contributed by atoms with Crippen molar-refractivity contribution in [1.29, 1.82) is 5.41 Å². The summed E-state index contributed by atoms with van der Waals surface area (Å²) in [4.78, 5) is 12.1. The van der Waals surface area contributed by atoms with Crippen LogP contribution in [0.5, 0.6) is 0 Å². The summed E-state index contributed by atoms with van der Waals surface area (Å²) < 4.78 is 43.2. The molecule has 2 aromatic carbocycles. The summed E-state index contributed by atoms with van der Waals surface area (Å²) in [6, 6.07) is 10.4. The Morgan fingerprint density at radius 1 is 0.971 bits per heavy atom. The molecule has 1 aliphatic rings. The Morgan fingerprint density at radius 2 is 1.71 bits per heavy atom. The fourth-order valence-electron chi connectivity index (χ4n) is 3.88. The third kappa shape index (κ3) is 5.18. The molecule has 0 aliphatic carbocycles. The number of aliphatic hydroxyl groups excluding tert-OH is 1. The number of hydrogen-bond donors (Lipinski definition) is 3. The summed E-state index contributed by atoms with van der Waals surface area (Å²) in [7, 11) is 0. The van der Waals surface area contributed by atoms with Gasteiger partial charge in [0.1, 0.15) is 17.3 Å². The first-order valence-corrected chi connectivity index (χ1v) is 10.9. The molecule has 1 fully saturated rings. The molecular formula is C24H25F3N6O. The Labute approximate surface area is 195 Å². The van der Waals surface area contributed by atoms with E-state index in [2.05, 4.69) is 20.2 Å². The van der Waals surface area contributed by atoms with Gasteiger partial charge in [-0.1, -0.05) is 30.3 Å². The normalized spacial score (nSPS) is 14.3. The van der Waals surface area contributed by atoms with Crippen LogP contribution < -0.4 is 10.2 Å². The van der Waals surface area contributed by atoms with Crippen molar-refractivity contribution in [2.75, 3.05) is 49.5 Å². The van der Waals surface area contributed by atoms with Crippen molar-refractivity contribution >= 4 is 17.2 Å². The van der Waals surface area contributed by atoms with Crippen LogP contribution in [0.25, 0.3) is 0 Å². The lowest BCUT2D eigenvalue weighted by molar-refractivity contribution is 0.188. The topological polar surface area (TPSA) is 88.4 Å². The number of aliphatic hydroxyl groups is 1. The van der Waals surface area contributed by atoms with Crippen LogP contribution in [0, 0.1) is 22.9 Å². The number of anilines is 2. The van der Waals surface area contributed by atoms with Crippen molar-refractivity contribution in [2.45, 2.75) is 6.54 Å². The Balaban J connectivity index is 1.57. The third-order valence-electron chi connectivity index (χ3n) is 5.73. The van der Waals surface area contributed by atoms with Gasteiger partial charge in [0.25, 0.3) is 0 Å². The second-order valence-electron chi connectivity index (χ2n) is 7.90. The predicted molar refractivity (Wildman–Crippen MR) is 124 cm³/mol. The molecule has 0 amide bonds. The van der Waals surface area contributed by atoms with E-state index >= 15 is 0 Å². The number of β-amino-alcohol motifs (C(OH)–C–C–N with tert-alkyl or cyclic N) is 1. The quantitative estimate of drug-likeness (QED) is 0.439. The molecule has 1 aromatic heterocycles. The molecule has 4 rings (SSSR count). The highest BCUT2D eigenvalue weighted by Crippen LogP contribution is 2.25. The number of para-hydroxylation sites is 1. The number of nitrogens with one attached hydrogen (secondary N) is 2. The summed E-state index contributed by atoms with van der Waals surface area (Å²) in [5.74, 6) is -1.61. The highest BCUT2D eigenvalue weighted by molar-refractivity contribution is 6.12. The molecule has 0 unspecified atom stereocenters. The Morgan fingerprint density at radius 3 is 2.44 bits per heavy atom. The van der Waals surface area contributed by atoms with Crippen LogP contribution in [0.2, 0.25) is 0 Å². The van der Waals surface area contributed by atoms with Crippen molar-refractivity contribution in [3.63, 3.8) is 0 Å². The molecule has 1 aliphatic heterocycles. The second kappa shape index (κ2) is 10.6. The van der Waals surface area contributed by atoms with E-state index in [1.807, 2.05) is 0 Å². The molecule has 34 heavy (non-hydrogen) atoms. The van der Waals surface area contributed by atoms with E-state index in [1.165, 1.54) is 24.3 Å². The molecule has 10 heteroatoms. The largest absolute Gasteiger partial charge is 0.395 e. The number of nitrogens with zero attached hydrogens (tertiary/aromatic N) is 4. The van der Waals surface area contributed by atoms with Crippen molar-refractivity contribution in [3.8, 4) is 0 Å². The molecule has 0 bridgehead atoms. The monoisotopic (exact) mass is 470 g/mol. The highest BCUT2D eigenvalue weighted by atomic mass is 19.1. The van der Waals surface area contributed by atoms with Crippen molar-refractivity contribution in [2.24, 2.45) is 0 Å². The zero-order chi connectivity index (χ0) is 24.1. The maximum atomic E-state index is 14.7. The minimum absolute atomic E-state index is 0.0154. The molecule has 2 heterocycles. The van der Waals surface area contributed by atoms with Crippen LogP contribution in [0.3, 0.4) is 0 Å². The number of halogens is 3. The van der Waals surface area contributed by atoms with Gasteiger partial charge in [-0.25, -0.2) is 23.1 Å². The van der Waals surface area contributed by atoms with Gasteiger partial charge in [0.2, 0.25) is 0 Å². The zero-order valence-corrected chi connectivity index (χ0v) is 18.4. The molecule has 0 spiro atoms. The van der Waals surface area contributed by atoms with Crippen LogP contribution in [0.4, 0.5) is 24.7 Å². The number of aromatic nitrogens is 2. The number of piperazine rings is 1. The van der Waals surface area contributed by atoms with E-state index < -0.39 is 17.5 Å². The molecule has 3 N–H and O–H groups in total. The molecule has 0 radical (unpaired) electrons. The smallest absolute Gasteiger partial charge is 0.183 e. The van der Waals surface area contributed by atoms with Crippen molar-refractivity contribution in [1.82, 2.24) is 14.9 Å². The standard InChI is InChI=1S/C24H25F3N6O/c25-18-6-2-1-4-16(18)14-29-22-17(5-3-7-19(22)26)21(28)23-30-15-20(27)24(31-23)33-10-8-32(9-11-33)12-13-34/h1-7,15,28-29,34H,8-14H2. The van der Waals surface area contributed by atoms with Gasteiger partial charge in [0.05, 0.1) is 18.5 Å². The maximum Gasteiger partial charge on any atom is 0.183 e. The summed E-state index contributed by atoms with van der Waals surface area (Å²) in [6.07, 6.45) is 1.01. The maximum absolute atomic E-state index is 14.7. The van der Waals surface area contributed by atoms with E-state index in [4.69, 9.17) is 10.5 Å². The molecular weight excluding hydrogens is 445 g/mol. The second-order valence-corrected chi connectivity index (χ2v) is 7.90. The summed E-state index contributed by atoms with van der Waals surface area (Å²) in [5.41, 5.74) is 0.365. The first-order chi connectivity index (χ1) is 16.5. The lowest BCUT2D eigenvalue weighted by Crippen LogP contribution is -2.47. The van der Waals surface area contributed by atoms with E-state index in [9.17, 15) is 13.2 Å². The number of rotatable bonds is 8. The summed E-state index contributed by atoms with van der Waals surface area (Å²) in [5, 5.41) is 20.6. The lowest BCUT2D eigenvalue weighted by atomic mass is 10.1. The van der Waals surface area contributed by atoms with Gasteiger partial charge < -0.3 is 15.3 Å². The minimum Gasteiger partial charge on any atom is -0.395 e. The first kappa shape index (κ1) is 23.7.